The van der Waals surface area contributed by atoms with Gasteiger partial charge in [-0.2, -0.15) is 0 Å². The smallest absolute Gasteiger partial charge is 0.341 e. The highest BCUT2D eigenvalue weighted by Crippen LogP contribution is 2.46. The van der Waals surface area contributed by atoms with E-state index in [2.05, 4.69) is 0 Å². The van der Waals surface area contributed by atoms with Crippen LogP contribution < -0.4 is 21.8 Å². The summed E-state index contributed by atoms with van der Waals surface area (Å²) in [6.07, 6.45) is 0.442. The highest BCUT2D eigenvalue weighted by molar-refractivity contribution is 6.01. The van der Waals surface area contributed by atoms with Gasteiger partial charge >= 0.3 is 5.97 Å². The Morgan fingerprint density at radius 3 is 2.53 bits per heavy atom. The lowest BCUT2D eigenvalue weighted by molar-refractivity contribution is 0.0581. The van der Waals surface area contributed by atoms with Gasteiger partial charge in [0.25, 0.3) is 0 Å². The minimum atomic E-state index is -1.48. The fourth-order valence-electron chi connectivity index (χ4n) is 5.54. The molecule has 2 heterocycles. The van der Waals surface area contributed by atoms with E-state index in [1.807, 2.05) is 0 Å². The number of pyridine rings is 1. The maximum atomic E-state index is 15.5. The predicted octanol–water partition coefficient (Wildman–Crippen LogP) is 2.67. The maximum Gasteiger partial charge on any atom is 0.341 e. The van der Waals surface area contributed by atoms with Crippen molar-refractivity contribution >= 4 is 28.2 Å². The molecule has 2 saturated carbocycles. The maximum absolute atomic E-state index is 15.5. The number of alkyl halides is 2. The number of fused-ring (bicyclic) bond motifs is 1. The van der Waals surface area contributed by atoms with E-state index in [9.17, 15) is 23.5 Å². The zero-order chi connectivity index (χ0) is 23.1. The number of aromatic carboxylic acids is 1. The van der Waals surface area contributed by atoms with Crippen molar-refractivity contribution in [1.82, 2.24) is 4.57 Å². The number of nitrogen functional groups attached to an aromatic ring is 1. The number of anilines is 2. The number of rotatable bonds is 4. The lowest BCUT2D eigenvalue weighted by Gasteiger charge is -2.45. The summed E-state index contributed by atoms with van der Waals surface area (Å²) in [6.45, 7) is 2.52. The fourth-order valence-corrected chi connectivity index (χ4v) is 5.54. The average molecular weight is 450 g/mol. The van der Waals surface area contributed by atoms with E-state index in [-0.39, 0.29) is 41.8 Å². The molecule has 1 aromatic heterocycles. The van der Waals surface area contributed by atoms with Crippen molar-refractivity contribution in [2.75, 3.05) is 23.7 Å². The number of nitrogens with two attached hydrogens (primary N) is 2. The van der Waals surface area contributed by atoms with Crippen LogP contribution in [-0.2, 0) is 0 Å². The number of hydrogen-bond donors (Lipinski definition) is 3. The summed E-state index contributed by atoms with van der Waals surface area (Å²) in [5.41, 5.74) is 10.7. The van der Waals surface area contributed by atoms with Crippen molar-refractivity contribution in [2.24, 2.45) is 11.7 Å². The molecule has 3 fully saturated rings. The van der Waals surface area contributed by atoms with Gasteiger partial charge in [0.1, 0.15) is 17.9 Å². The Bertz CT molecular complexity index is 1210. The average Bonchev–Trinajstić information content (AvgIpc) is 3.22. The molecule has 1 aliphatic heterocycles. The summed E-state index contributed by atoms with van der Waals surface area (Å²) < 4.78 is 44.4. The van der Waals surface area contributed by atoms with Crippen molar-refractivity contribution in [3.63, 3.8) is 0 Å². The molecule has 3 atom stereocenters. The number of benzene rings is 1. The number of carbonyl (C=O) groups is 1. The number of aryl methyl sites for hydroxylation is 1. The molecule has 0 bridgehead atoms. The number of hydrogen-bond acceptors (Lipinski definition) is 5. The number of nitrogens with zero attached hydrogens (tertiary/aromatic N) is 2. The van der Waals surface area contributed by atoms with E-state index < -0.39 is 52.4 Å². The van der Waals surface area contributed by atoms with Crippen LogP contribution in [0.1, 0.15) is 47.6 Å². The van der Waals surface area contributed by atoms with Crippen LogP contribution in [0.2, 0.25) is 0 Å². The standard InChI is InChI=1S/C22H25F3N4O3/c1-9-18-15(20(30)12(21(31)32)8-29(18)14-4-13(14)24)17(26)16(25)19(9)28-3-2-10(7-28)22(27)5-11(23)6-22/h8,10-11,13-14H,2-7,26-27H2,1H3,(H,31,32)/t10?,11?,13-,14-,22?/m1/s1. The van der Waals surface area contributed by atoms with E-state index in [1.165, 1.54) is 4.57 Å². The molecule has 7 nitrogen and oxygen atoms in total. The zero-order valence-corrected chi connectivity index (χ0v) is 17.6. The Labute approximate surface area is 181 Å². The van der Waals surface area contributed by atoms with Crippen molar-refractivity contribution < 1.29 is 23.1 Å². The first-order valence-corrected chi connectivity index (χ1v) is 10.7. The Balaban J connectivity index is 1.66. The van der Waals surface area contributed by atoms with Crippen LogP contribution in [0.4, 0.5) is 24.5 Å². The molecule has 0 spiro atoms. The van der Waals surface area contributed by atoms with Crippen LogP contribution in [0, 0.1) is 18.7 Å². The molecule has 0 amide bonds. The molecule has 2 aromatic rings. The summed E-state index contributed by atoms with van der Waals surface area (Å²) in [5.74, 6) is -2.30. The lowest BCUT2D eigenvalue weighted by Crippen LogP contribution is -2.58. The second-order valence-electron chi connectivity index (χ2n) is 9.50. The van der Waals surface area contributed by atoms with Gasteiger partial charge in [0.05, 0.1) is 28.3 Å². The summed E-state index contributed by atoms with van der Waals surface area (Å²) in [7, 11) is 0. The minimum absolute atomic E-state index is 0.0135. The quantitative estimate of drug-likeness (QED) is 0.617. The van der Waals surface area contributed by atoms with Gasteiger partial charge in [0, 0.05) is 31.2 Å². The van der Waals surface area contributed by atoms with E-state index in [0.29, 0.717) is 25.1 Å². The molecular weight excluding hydrogens is 425 g/mol. The molecule has 32 heavy (non-hydrogen) atoms. The molecule has 5 rings (SSSR count). The van der Waals surface area contributed by atoms with Crippen molar-refractivity contribution in [3.8, 4) is 0 Å². The number of carboxylic acid groups (broad SMARTS) is 1. The minimum Gasteiger partial charge on any atom is -0.477 e. The monoisotopic (exact) mass is 450 g/mol. The van der Waals surface area contributed by atoms with Crippen LogP contribution in [0.15, 0.2) is 11.0 Å². The molecular formula is C22H25F3N4O3. The van der Waals surface area contributed by atoms with Crippen LogP contribution in [0.25, 0.3) is 10.9 Å². The lowest BCUT2D eigenvalue weighted by atomic mass is 9.67. The Morgan fingerprint density at radius 1 is 1.31 bits per heavy atom. The van der Waals surface area contributed by atoms with Crippen molar-refractivity contribution in [1.29, 1.82) is 0 Å². The molecule has 10 heteroatoms. The zero-order valence-electron chi connectivity index (χ0n) is 17.6. The van der Waals surface area contributed by atoms with Gasteiger partial charge in [-0.15, -0.1) is 0 Å². The van der Waals surface area contributed by atoms with Gasteiger partial charge < -0.3 is 26.0 Å². The molecule has 1 saturated heterocycles. The summed E-state index contributed by atoms with van der Waals surface area (Å²) in [4.78, 5) is 26.3. The first kappa shape index (κ1) is 21.1. The van der Waals surface area contributed by atoms with Crippen LogP contribution in [0.3, 0.4) is 0 Å². The summed E-state index contributed by atoms with van der Waals surface area (Å²) in [6, 6.07) is -0.636. The van der Waals surface area contributed by atoms with Gasteiger partial charge in [-0.25, -0.2) is 18.0 Å². The largest absolute Gasteiger partial charge is 0.477 e. The topological polar surface area (TPSA) is 115 Å². The molecule has 3 aliphatic rings. The summed E-state index contributed by atoms with van der Waals surface area (Å²) >= 11 is 0. The third-order valence-electron chi connectivity index (χ3n) is 7.45. The normalized spacial score (nSPS) is 31.7. The summed E-state index contributed by atoms with van der Waals surface area (Å²) in [5, 5.41) is 9.20. The van der Waals surface area contributed by atoms with E-state index in [4.69, 9.17) is 11.5 Å². The van der Waals surface area contributed by atoms with E-state index in [0.717, 1.165) is 6.20 Å². The Morgan fingerprint density at radius 2 is 1.97 bits per heavy atom. The van der Waals surface area contributed by atoms with Crippen LogP contribution >= 0.6 is 0 Å². The molecule has 172 valence electrons. The first-order valence-electron chi connectivity index (χ1n) is 10.7. The number of halogens is 3. The molecule has 1 unspecified atom stereocenters. The molecule has 2 aliphatic carbocycles. The Kier molecular flexibility index (Phi) is 4.53. The number of aromatic nitrogens is 1. The SMILES string of the molecule is Cc1c(N2CCC(C3(N)CC(F)C3)C2)c(F)c(N)c2c(=O)c(C(=O)O)cn([C@@H]3C[C@H]3F)c12. The van der Waals surface area contributed by atoms with Gasteiger partial charge in [0.15, 0.2) is 5.82 Å². The van der Waals surface area contributed by atoms with Crippen molar-refractivity contribution in [3.05, 3.63) is 33.4 Å². The second kappa shape index (κ2) is 6.87. The van der Waals surface area contributed by atoms with E-state index >= 15 is 4.39 Å². The fraction of sp³-hybridized carbons (Fsp3) is 0.545. The number of carboxylic acids is 1. The van der Waals surface area contributed by atoms with Gasteiger partial charge in [-0.05, 0) is 37.7 Å². The highest BCUT2D eigenvalue weighted by atomic mass is 19.1. The second-order valence-corrected chi connectivity index (χ2v) is 9.50. The Hall–Kier alpha value is -2.75. The van der Waals surface area contributed by atoms with Crippen LogP contribution in [-0.4, -0.2) is 46.6 Å². The molecule has 5 N–H and O–H groups in total. The van der Waals surface area contributed by atoms with Crippen LogP contribution in [0.5, 0.6) is 0 Å². The third-order valence-corrected chi connectivity index (χ3v) is 7.45. The van der Waals surface area contributed by atoms with Crippen molar-refractivity contribution in [2.45, 2.75) is 56.5 Å². The first-order chi connectivity index (χ1) is 15.0. The predicted molar refractivity (Wildman–Crippen MR) is 114 cm³/mol. The highest BCUT2D eigenvalue weighted by Gasteiger charge is 2.49. The van der Waals surface area contributed by atoms with Gasteiger partial charge in [-0.1, -0.05) is 0 Å². The molecule has 0 radical (unpaired) electrons. The third kappa shape index (κ3) is 2.92. The van der Waals surface area contributed by atoms with E-state index in [1.54, 1.807) is 11.8 Å². The van der Waals surface area contributed by atoms with Gasteiger partial charge in [-0.3, -0.25) is 4.79 Å². The van der Waals surface area contributed by atoms with Gasteiger partial charge in [0.2, 0.25) is 5.43 Å². The molecule has 1 aromatic carbocycles.